The van der Waals surface area contributed by atoms with Gasteiger partial charge in [-0.25, -0.2) is 9.98 Å². The number of rotatable bonds is 9. The van der Waals surface area contributed by atoms with Crippen molar-refractivity contribution in [3.8, 4) is 11.5 Å². The van der Waals surface area contributed by atoms with E-state index in [2.05, 4.69) is 65.7 Å². The molecule has 166 valence electrons. The van der Waals surface area contributed by atoms with E-state index in [1.54, 1.807) is 6.26 Å². The number of nitrogens with one attached hydrogen (secondary N) is 2. The van der Waals surface area contributed by atoms with Crippen molar-refractivity contribution in [2.45, 2.75) is 33.5 Å². The first-order chi connectivity index (χ1) is 14.7. The average Bonchev–Trinajstić information content (AvgIpc) is 3.25. The van der Waals surface area contributed by atoms with Gasteiger partial charge in [-0.2, -0.15) is 0 Å². The smallest absolute Gasteiger partial charge is 0.226 e. The van der Waals surface area contributed by atoms with Gasteiger partial charge in [0.2, 0.25) is 5.89 Å². The van der Waals surface area contributed by atoms with Gasteiger partial charge in [-0.1, -0.05) is 49.4 Å². The summed E-state index contributed by atoms with van der Waals surface area (Å²) >= 11 is 0. The van der Waals surface area contributed by atoms with Crippen LogP contribution in [0.25, 0.3) is 11.5 Å². The van der Waals surface area contributed by atoms with Crippen molar-refractivity contribution in [1.29, 1.82) is 0 Å². The molecule has 0 fully saturated rings. The van der Waals surface area contributed by atoms with Crippen LogP contribution < -0.4 is 10.6 Å². The Kier molecular flexibility index (Phi) is 10.5. The monoisotopic (exact) mass is 533 g/mol. The van der Waals surface area contributed by atoms with Gasteiger partial charge >= 0.3 is 0 Å². The molecule has 0 bridgehead atoms. The molecule has 3 aromatic rings. The Morgan fingerprint density at radius 3 is 2.55 bits per heavy atom. The number of hydrogen-bond donors (Lipinski definition) is 2. The van der Waals surface area contributed by atoms with E-state index in [-0.39, 0.29) is 24.0 Å². The first-order valence-corrected chi connectivity index (χ1v) is 10.5. The summed E-state index contributed by atoms with van der Waals surface area (Å²) in [7, 11) is 2.13. The van der Waals surface area contributed by atoms with Crippen LogP contribution in [0, 0.1) is 0 Å². The third-order valence-corrected chi connectivity index (χ3v) is 4.76. The number of nitrogens with zero attached hydrogens (tertiary/aromatic N) is 3. The van der Waals surface area contributed by atoms with E-state index >= 15 is 0 Å². The topological polar surface area (TPSA) is 65.7 Å². The molecule has 7 heteroatoms. The average molecular weight is 533 g/mol. The molecule has 0 aliphatic carbocycles. The second-order valence-electron chi connectivity index (χ2n) is 7.21. The number of guanidine groups is 1. The van der Waals surface area contributed by atoms with E-state index in [4.69, 9.17) is 9.41 Å². The molecule has 0 saturated carbocycles. The van der Waals surface area contributed by atoms with E-state index in [0.29, 0.717) is 19.0 Å². The number of aliphatic imine (C=N–C) groups is 1. The van der Waals surface area contributed by atoms with Gasteiger partial charge in [0.25, 0.3) is 0 Å². The first kappa shape index (κ1) is 24.9. The lowest BCUT2D eigenvalue weighted by atomic mass is 10.1. The maximum atomic E-state index is 5.61. The largest absolute Gasteiger partial charge is 0.444 e. The van der Waals surface area contributed by atoms with E-state index in [9.17, 15) is 0 Å². The third kappa shape index (κ3) is 7.99. The van der Waals surface area contributed by atoms with Crippen molar-refractivity contribution in [3.05, 3.63) is 77.7 Å². The summed E-state index contributed by atoms with van der Waals surface area (Å²) in [5, 5.41) is 6.63. The molecule has 31 heavy (non-hydrogen) atoms. The van der Waals surface area contributed by atoms with Crippen molar-refractivity contribution in [2.75, 3.05) is 20.1 Å². The highest BCUT2D eigenvalue weighted by molar-refractivity contribution is 14.0. The zero-order valence-corrected chi connectivity index (χ0v) is 20.8. The molecule has 0 aliphatic rings. The van der Waals surface area contributed by atoms with Crippen LogP contribution in [0.15, 0.2) is 70.3 Å². The highest BCUT2D eigenvalue weighted by atomic mass is 127. The Labute approximate surface area is 202 Å². The highest BCUT2D eigenvalue weighted by Gasteiger charge is 2.07. The standard InChI is InChI=1S/C24H31N5O.HI/c1-4-25-24(26-15-19-10-9-11-20(14-19)17-29(3)5-2)27-16-22-18-30-23(28-22)21-12-7-6-8-13-21;/h6-14,18H,4-5,15-17H2,1-3H3,(H2,25,26,27);1H. The van der Waals surface area contributed by atoms with Crippen LogP contribution in [0.1, 0.15) is 30.7 Å². The van der Waals surface area contributed by atoms with Crippen LogP contribution in [-0.2, 0) is 19.6 Å². The highest BCUT2D eigenvalue weighted by Crippen LogP contribution is 2.17. The van der Waals surface area contributed by atoms with E-state index in [0.717, 1.165) is 36.9 Å². The van der Waals surface area contributed by atoms with Gasteiger partial charge in [0.15, 0.2) is 5.96 Å². The van der Waals surface area contributed by atoms with Gasteiger partial charge in [0.05, 0.1) is 18.8 Å². The van der Waals surface area contributed by atoms with Gasteiger partial charge < -0.3 is 20.0 Å². The predicted molar refractivity (Wildman–Crippen MR) is 137 cm³/mol. The van der Waals surface area contributed by atoms with E-state index < -0.39 is 0 Å². The maximum Gasteiger partial charge on any atom is 0.226 e. The second kappa shape index (κ2) is 13.1. The van der Waals surface area contributed by atoms with Crippen LogP contribution >= 0.6 is 24.0 Å². The zero-order valence-electron chi connectivity index (χ0n) is 18.5. The molecule has 0 atom stereocenters. The zero-order chi connectivity index (χ0) is 21.2. The lowest BCUT2D eigenvalue weighted by molar-refractivity contribution is 0.345. The molecule has 0 aliphatic heterocycles. The van der Waals surface area contributed by atoms with E-state index in [1.807, 2.05) is 30.3 Å². The summed E-state index contributed by atoms with van der Waals surface area (Å²) < 4.78 is 5.61. The van der Waals surface area contributed by atoms with Crippen LogP contribution in [0.5, 0.6) is 0 Å². The molecule has 0 radical (unpaired) electrons. The van der Waals surface area contributed by atoms with Crippen LogP contribution in [0.2, 0.25) is 0 Å². The first-order valence-electron chi connectivity index (χ1n) is 10.5. The Hall–Kier alpha value is -2.39. The van der Waals surface area contributed by atoms with Crippen LogP contribution in [0.4, 0.5) is 0 Å². The Balaban J connectivity index is 0.00000341. The van der Waals surface area contributed by atoms with Gasteiger partial charge in [-0.3, -0.25) is 0 Å². The summed E-state index contributed by atoms with van der Waals surface area (Å²) in [6.45, 7) is 8.16. The van der Waals surface area contributed by atoms with Crippen molar-refractivity contribution in [1.82, 2.24) is 20.5 Å². The van der Waals surface area contributed by atoms with E-state index in [1.165, 1.54) is 11.1 Å². The molecule has 0 saturated heterocycles. The molecule has 0 spiro atoms. The normalized spacial score (nSPS) is 11.3. The number of aromatic nitrogens is 1. The van der Waals surface area contributed by atoms with Crippen molar-refractivity contribution in [2.24, 2.45) is 4.99 Å². The Morgan fingerprint density at radius 2 is 1.81 bits per heavy atom. The fourth-order valence-electron chi connectivity index (χ4n) is 3.04. The lowest BCUT2D eigenvalue weighted by Crippen LogP contribution is -2.36. The van der Waals surface area contributed by atoms with Crippen molar-refractivity contribution in [3.63, 3.8) is 0 Å². The fourth-order valence-corrected chi connectivity index (χ4v) is 3.04. The van der Waals surface area contributed by atoms with Crippen molar-refractivity contribution < 1.29 is 4.42 Å². The fraction of sp³-hybridized carbons (Fsp3) is 0.333. The van der Waals surface area contributed by atoms with Crippen molar-refractivity contribution >= 4 is 29.9 Å². The summed E-state index contributed by atoms with van der Waals surface area (Å²) in [6, 6.07) is 18.5. The summed E-state index contributed by atoms with van der Waals surface area (Å²) in [5.74, 6) is 1.39. The minimum absolute atomic E-state index is 0. The van der Waals surface area contributed by atoms with Crippen LogP contribution in [0.3, 0.4) is 0 Å². The molecular weight excluding hydrogens is 501 g/mol. The van der Waals surface area contributed by atoms with Gasteiger partial charge in [-0.05, 0) is 43.8 Å². The van der Waals surface area contributed by atoms with Gasteiger partial charge in [-0.15, -0.1) is 24.0 Å². The minimum Gasteiger partial charge on any atom is -0.444 e. The summed E-state index contributed by atoms with van der Waals surface area (Å²) in [4.78, 5) is 11.6. The number of oxazole rings is 1. The molecule has 0 unspecified atom stereocenters. The molecule has 2 N–H and O–H groups in total. The molecule has 0 amide bonds. The number of halogens is 1. The molecule has 3 rings (SSSR count). The SMILES string of the molecule is CCNC(=NCc1cccc(CN(C)CC)c1)NCc1coc(-c2ccccc2)n1.I. The van der Waals surface area contributed by atoms with Crippen LogP contribution in [-0.4, -0.2) is 36.0 Å². The second-order valence-corrected chi connectivity index (χ2v) is 7.21. The summed E-state index contributed by atoms with van der Waals surface area (Å²) in [5.41, 5.74) is 4.31. The molecular formula is C24H32IN5O. The predicted octanol–water partition coefficient (Wildman–Crippen LogP) is 4.67. The minimum atomic E-state index is 0. The third-order valence-electron chi connectivity index (χ3n) is 4.76. The Bertz CT molecular complexity index is 942. The van der Waals surface area contributed by atoms with Gasteiger partial charge in [0.1, 0.15) is 6.26 Å². The molecule has 1 heterocycles. The number of benzene rings is 2. The maximum absolute atomic E-state index is 5.61. The number of hydrogen-bond acceptors (Lipinski definition) is 4. The Morgan fingerprint density at radius 1 is 1.03 bits per heavy atom. The quantitative estimate of drug-likeness (QED) is 0.238. The molecule has 2 aromatic carbocycles. The summed E-state index contributed by atoms with van der Waals surface area (Å²) in [6.07, 6.45) is 1.69. The van der Waals surface area contributed by atoms with Gasteiger partial charge in [0, 0.05) is 18.7 Å². The molecule has 6 nitrogen and oxygen atoms in total. The lowest BCUT2D eigenvalue weighted by Gasteiger charge is -2.14. The molecule has 1 aromatic heterocycles.